The van der Waals surface area contributed by atoms with Crippen LogP contribution in [0.1, 0.15) is 10.4 Å². The van der Waals surface area contributed by atoms with Crippen molar-refractivity contribution in [2.45, 2.75) is 0 Å². The first-order valence-corrected chi connectivity index (χ1v) is 10.1. The molecule has 1 amide bonds. The molecule has 0 unspecified atom stereocenters. The van der Waals surface area contributed by atoms with Crippen molar-refractivity contribution >= 4 is 29.1 Å². The molecule has 2 aliphatic rings. The molecule has 154 valence electrons. The summed E-state index contributed by atoms with van der Waals surface area (Å²) in [6.07, 6.45) is 1.60. The first-order valence-electron chi connectivity index (χ1n) is 9.76. The Hall–Kier alpha value is -2.45. The second-order valence-electron chi connectivity index (χ2n) is 7.40. The van der Waals surface area contributed by atoms with Gasteiger partial charge in [0.05, 0.1) is 10.6 Å². The molecule has 0 aliphatic carbocycles. The molecule has 1 aromatic heterocycles. The van der Waals surface area contributed by atoms with Gasteiger partial charge in [0, 0.05) is 58.4 Å². The molecule has 9 heteroatoms. The van der Waals surface area contributed by atoms with Crippen molar-refractivity contribution in [3.8, 4) is 0 Å². The fraction of sp³-hybridized carbons (Fsp3) is 0.450. The Balaban J connectivity index is 1.41. The summed E-state index contributed by atoms with van der Waals surface area (Å²) in [6.45, 7) is 6.12. The predicted molar refractivity (Wildman–Crippen MR) is 111 cm³/mol. The van der Waals surface area contributed by atoms with Crippen LogP contribution >= 0.6 is 11.6 Å². The van der Waals surface area contributed by atoms with Gasteiger partial charge in [-0.15, -0.1) is 0 Å². The third-order valence-electron chi connectivity index (χ3n) is 5.53. The van der Waals surface area contributed by atoms with Gasteiger partial charge in [-0.25, -0.2) is 14.4 Å². The van der Waals surface area contributed by atoms with Gasteiger partial charge < -0.3 is 19.6 Å². The summed E-state index contributed by atoms with van der Waals surface area (Å²) < 4.78 is 14.1. The molecule has 0 atom stereocenters. The van der Waals surface area contributed by atoms with Gasteiger partial charge >= 0.3 is 0 Å². The topological polar surface area (TPSA) is 55.8 Å². The molecule has 0 saturated carbocycles. The smallest absolute Gasteiger partial charge is 0.258 e. The summed E-state index contributed by atoms with van der Waals surface area (Å²) in [7, 11) is 2.12. The maximum atomic E-state index is 14.1. The molecule has 2 saturated heterocycles. The first kappa shape index (κ1) is 19.8. The van der Waals surface area contributed by atoms with Crippen LogP contribution in [0, 0.1) is 5.82 Å². The SMILES string of the molecule is CN1CCN(c2cc(N3CCN(C(=O)c4c(F)cccc4Cl)CC3)ncn2)CC1. The fourth-order valence-electron chi connectivity index (χ4n) is 3.72. The van der Waals surface area contributed by atoms with Gasteiger partial charge in [0.1, 0.15) is 23.8 Å². The molecule has 0 spiro atoms. The number of carbonyl (C=O) groups excluding carboxylic acids is 1. The molecular weight excluding hydrogens is 395 g/mol. The third-order valence-corrected chi connectivity index (χ3v) is 5.85. The van der Waals surface area contributed by atoms with Crippen LogP contribution in [0.15, 0.2) is 30.6 Å². The monoisotopic (exact) mass is 418 g/mol. The lowest BCUT2D eigenvalue weighted by atomic mass is 10.1. The summed E-state index contributed by atoms with van der Waals surface area (Å²) in [5.41, 5.74) is -0.0537. The fourth-order valence-corrected chi connectivity index (χ4v) is 3.96. The molecule has 0 N–H and O–H groups in total. The van der Waals surface area contributed by atoms with E-state index in [9.17, 15) is 9.18 Å². The molecule has 1 aromatic carbocycles. The molecule has 7 nitrogen and oxygen atoms in total. The van der Waals surface area contributed by atoms with Gasteiger partial charge in [0.25, 0.3) is 5.91 Å². The lowest BCUT2D eigenvalue weighted by molar-refractivity contribution is 0.0742. The van der Waals surface area contributed by atoms with Gasteiger partial charge in [0.2, 0.25) is 0 Å². The first-order chi connectivity index (χ1) is 14.0. The van der Waals surface area contributed by atoms with E-state index in [1.807, 2.05) is 6.07 Å². The second-order valence-corrected chi connectivity index (χ2v) is 7.81. The molecule has 2 fully saturated rings. The van der Waals surface area contributed by atoms with E-state index in [-0.39, 0.29) is 16.5 Å². The number of benzene rings is 1. The van der Waals surface area contributed by atoms with E-state index in [2.05, 4.69) is 31.7 Å². The van der Waals surface area contributed by atoms with Crippen molar-refractivity contribution in [1.82, 2.24) is 19.8 Å². The van der Waals surface area contributed by atoms with Crippen molar-refractivity contribution in [3.63, 3.8) is 0 Å². The highest BCUT2D eigenvalue weighted by molar-refractivity contribution is 6.33. The van der Waals surface area contributed by atoms with Gasteiger partial charge in [0.15, 0.2) is 0 Å². The molecule has 2 aliphatic heterocycles. The number of amides is 1. The maximum Gasteiger partial charge on any atom is 0.258 e. The number of likely N-dealkylation sites (N-methyl/N-ethyl adjacent to an activating group) is 1. The zero-order valence-corrected chi connectivity index (χ0v) is 17.1. The van der Waals surface area contributed by atoms with Gasteiger partial charge in [-0.2, -0.15) is 0 Å². The summed E-state index contributed by atoms with van der Waals surface area (Å²) in [5.74, 6) is 0.829. The Labute approximate surface area is 174 Å². The molecule has 4 rings (SSSR count). The highest BCUT2D eigenvalue weighted by Gasteiger charge is 2.27. The van der Waals surface area contributed by atoms with Gasteiger partial charge in [-0.1, -0.05) is 17.7 Å². The molecule has 0 radical (unpaired) electrons. The average Bonchev–Trinajstić information content (AvgIpc) is 2.74. The van der Waals surface area contributed by atoms with E-state index in [4.69, 9.17) is 11.6 Å². The standard InChI is InChI=1S/C20H24ClFN6O/c1-25-5-7-26(8-6-25)17-13-18(24-14-23-17)27-9-11-28(12-10-27)20(29)19-15(21)3-2-4-16(19)22/h2-4,13-14H,5-12H2,1H3. The highest BCUT2D eigenvalue weighted by atomic mass is 35.5. The Morgan fingerprint density at radius 3 is 2.14 bits per heavy atom. The molecule has 29 heavy (non-hydrogen) atoms. The summed E-state index contributed by atoms with van der Waals surface area (Å²) >= 11 is 6.05. The highest BCUT2D eigenvalue weighted by Crippen LogP contribution is 2.23. The molecule has 0 bridgehead atoms. The van der Waals surface area contributed by atoms with Crippen LogP contribution in [0.5, 0.6) is 0 Å². The quantitative estimate of drug-likeness (QED) is 0.759. The minimum absolute atomic E-state index is 0.0537. The molecule has 2 aromatic rings. The van der Waals surface area contributed by atoms with Gasteiger partial charge in [-0.05, 0) is 19.2 Å². The largest absolute Gasteiger partial charge is 0.354 e. The predicted octanol–water partition coefficient (Wildman–Crippen LogP) is 1.98. The van der Waals surface area contributed by atoms with E-state index in [0.29, 0.717) is 26.2 Å². The van der Waals surface area contributed by atoms with Crippen molar-refractivity contribution < 1.29 is 9.18 Å². The van der Waals surface area contributed by atoms with Crippen LogP contribution in [0.2, 0.25) is 5.02 Å². The summed E-state index contributed by atoms with van der Waals surface area (Å²) in [5, 5.41) is 0.144. The number of halogens is 2. The van der Waals surface area contributed by atoms with Crippen molar-refractivity contribution in [3.05, 3.63) is 47.0 Å². The van der Waals surface area contributed by atoms with Crippen LogP contribution in [0.3, 0.4) is 0 Å². The number of aromatic nitrogens is 2. The number of hydrogen-bond donors (Lipinski definition) is 0. The zero-order chi connectivity index (χ0) is 20.4. The van der Waals surface area contributed by atoms with E-state index < -0.39 is 5.82 Å². The summed E-state index contributed by atoms with van der Waals surface area (Å²) in [4.78, 5) is 29.9. The van der Waals surface area contributed by atoms with Gasteiger partial charge in [-0.3, -0.25) is 4.79 Å². The van der Waals surface area contributed by atoms with E-state index in [1.54, 1.807) is 11.2 Å². The van der Waals surface area contributed by atoms with Crippen LogP contribution < -0.4 is 9.80 Å². The van der Waals surface area contributed by atoms with E-state index in [1.165, 1.54) is 18.2 Å². The second kappa shape index (κ2) is 8.51. The number of hydrogen-bond acceptors (Lipinski definition) is 6. The Morgan fingerprint density at radius 2 is 1.55 bits per heavy atom. The summed E-state index contributed by atoms with van der Waals surface area (Å²) in [6, 6.07) is 6.31. The Kier molecular flexibility index (Phi) is 5.82. The lowest BCUT2D eigenvalue weighted by Gasteiger charge is -2.36. The van der Waals surface area contributed by atoms with Crippen LogP contribution in [0.25, 0.3) is 0 Å². The zero-order valence-electron chi connectivity index (χ0n) is 16.4. The van der Waals surface area contributed by atoms with Crippen LogP contribution in [-0.2, 0) is 0 Å². The number of rotatable bonds is 3. The average molecular weight is 419 g/mol. The van der Waals surface area contributed by atoms with Crippen molar-refractivity contribution in [2.75, 3.05) is 69.2 Å². The Morgan fingerprint density at radius 1 is 0.966 bits per heavy atom. The normalized spacial score (nSPS) is 18.2. The van der Waals surface area contributed by atoms with Crippen LogP contribution in [-0.4, -0.2) is 85.1 Å². The third kappa shape index (κ3) is 4.28. The minimum atomic E-state index is -0.586. The minimum Gasteiger partial charge on any atom is -0.354 e. The Bertz CT molecular complexity index is 861. The van der Waals surface area contributed by atoms with E-state index >= 15 is 0 Å². The van der Waals surface area contributed by atoms with E-state index in [0.717, 1.165) is 37.8 Å². The number of carbonyl (C=O) groups is 1. The van der Waals surface area contributed by atoms with Crippen LogP contribution in [0.4, 0.5) is 16.0 Å². The van der Waals surface area contributed by atoms with Crippen molar-refractivity contribution in [1.29, 1.82) is 0 Å². The number of nitrogens with zero attached hydrogens (tertiary/aromatic N) is 6. The number of anilines is 2. The maximum absolute atomic E-state index is 14.1. The molecule has 3 heterocycles. The molecular formula is C20H24ClFN6O. The number of piperazine rings is 2. The lowest BCUT2D eigenvalue weighted by Crippen LogP contribution is -2.49. The van der Waals surface area contributed by atoms with Crippen molar-refractivity contribution in [2.24, 2.45) is 0 Å².